The molecule has 2 nitrogen and oxygen atoms in total. The van der Waals surface area contributed by atoms with E-state index in [1.54, 1.807) is 6.07 Å². The van der Waals surface area contributed by atoms with Crippen LogP contribution < -0.4 is 10.5 Å². The van der Waals surface area contributed by atoms with Gasteiger partial charge >= 0.3 is 0 Å². The molecule has 1 aliphatic carbocycles. The average Bonchev–Trinajstić information content (AvgIpc) is 2.54. The van der Waals surface area contributed by atoms with Gasteiger partial charge in [-0.2, -0.15) is 0 Å². The van der Waals surface area contributed by atoms with Gasteiger partial charge in [-0.3, -0.25) is 0 Å². The predicted octanol–water partition coefficient (Wildman–Crippen LogP) is 3.12. The lowest BCUT2D eigenvalue weighted by Gasteiger charge is -2.09. The number of ether oxygens (including phenoxy) is 1. The molecule has 2 rings (SSSR count). The Hall–Kier alpha value is -1.35. The molecule has 92 valence electrons. The minimum absolute atomic E-state index is 0.0951. The minimum atomic E-state index is -0.316. The van der Waals surface area contributed by atoms with E-state index in [0.29, 0.717) is 0 Å². The first-order valence-corrected chi connectivity index (χ1v) is 6.01. The summed E-state index contributed by atoms with van der Waals surface area (Å²) in [5.74, 6) is -0.0315. The summed E-state index contributed by atoms with van der Waals surface area (Å²) >= 11 is 0. The molecule has 0 amide bonds. The first kappa shape index (κ1) is 12.1. The first-order valence-electron chi connectivity index (χ1n) is 6.01. The Morgan fingerprint density at radius 3 is 2.88 bits per heavy atom. The highest BCUT2D eigenvalue weighted by molar-refractivity contribution is 5.67. The Bertz CT molecular complexity index is 428. The molecule has 1 aromatic rings. The number of allylic oxidation sites excluding steroid dienone is 1. The summed E-state index contributed by atoms with van der Waals surface area (Å²) in [4.78, 5) is 0. The third-order valence-electron chi connectivity index (χ3n) is 3.17. The second kappa shape index (κ2) is 5.32. The fourth-order valence-corrected chi connectivity index (χ4v) is 2.23. The molecule has 1 aromatic carbocycles. The van der Waals surface area contributed by atoms with Crippen LogP contribution in [-0.2, 0) is 0 Å². The summed E-state index contributed by atoms with van der Waals surface area (Å²) in [6.45, 7) is 0. The van der Waals surface area contributed by atoms with E-state index in [0.717, 1.165) is 36.8 Å². The van der Waals surface area contributed by atoms with Crippen LogP contribution in [-0.4, -0.2) is 13.2 Å². The smallest absolute Gasteiger partial charge is 0.165 e. The second-order valence-electron chi connectivity index (χ2n) is 4.45. The maximum atomic E-state index is 13.6. The molecule has 2 N–H and O–H groups in total. The van der Waals surface area contributed by atoms with Gasteiger partial charge in [-0.15, -0.1) is 0 Å². The van der Waals surface area contributed by atoms with E-state index in [1.165, 1.54) is 13.2 Å². The van der Waals surface area contributed by atoms with Crippen LogP contribution in [0.2, 0.25) is 0 Å². The van der Waals surface area contributed by atoms with Crippen molar-refractivity contribution >= 4 is 5.57 Å². The van der Waals surface area contributed by atoms with Crippen LogP contribution >= 0.6 is 0 Å². The van der Waals surface area contributed by atoms with Gasteiger partial charge in [-0.25, -0.2) is 4.39 Å². The Balaban J connectivity index is 2.29. The van der Waals surface area contributed by atoms with Crippen LogP contribution in [0.25, 0.3) is 5.57 Å². The van der Waals surface area contributed by atoms with E-state index in [2.05, 4.69) is 6.08 Å². The SMILES string of the molecule is COc1ccc(C2=CC(N)CCCC2)cc1F. The van der Waals surface area contributed by atoms with E-state index in [1.807, 2.05) is 6.07 Å². The van der Waals surface area contributed by atoms with E-state index < -0.39 is 0 Å². The van der Waals surface area contributed by atoms with E-state index in [4.69, 9.17) is 10.5 Å². The van der Waals surface area contributed by atoms with Crippen molar-refractivity contribution in [2.24, 2.45) is 5.73 Å². The molecule has 0 heterocycles. The Kier molecular flexibility index (Phi) is 3.79. The normalized spacial score (nSPS) is 20.6. The third kappa shape index (κ3) is 2.86. The molecule has 0 saturated heterocycles. The summed E-state index contributed by atoms with van der Waals surface area (Å²) in [5.41, 5.74) is 8.03. The Labute approximate surface area is 101 Å². The van der Waals surface area contributed by atoms with Crippen molar-refractivity contribution in [1.29, 1.82) is 0 Å². The van der Waals surface area contributed by atoms with Gasteiger partial charge in [0.2, 0.25) is 0 Å². The average molecular weight is 235 g/mol. The molecule has 1 atom stereocenters. The van der Waals surface area contributed by atoms with Gasteiger partial charge in [0, 0.05) is 6.04 Å². The summed E-state index contributed by atoms with van der Waals surface area (Å²) in [6, 6.07) is 5.19. The second-order valence-corrected chi connectivity index (χ2v) is 4.45. The highest BCUT2D eigenvalue weighted by Gasteiger charge is 2.12. The predicted molar refractivity (Wildman–Crippen MR) is 67.4 cm³/mol. The van der Waals surface area contributed by atoms with Crippen molar-refractivity contribution in [1.82, 2.24) is 0 Å². The van der Waals surface area contributed by atoms with Crippen LogP contribution in [0.4, 0.5) is 4.39 Å². The van der Waals surface area contributed by atoms with Crippen LogP contribution in [0.15, 0.2) is 24.3 Å². The number of halogens is 1. The molecule has 1 aliphatic rings. The van der Waals surface area contributed by atoms with Gasteiger partial charge in [-0.1, -0.05) is 18.6 Å². The monoisotopic (exact) mass is 235 g/mol. The standard InChI is InChI=1S/C14H18FNO/c1-17-14-7-6-11(9-13(14)15)10-4-2-3-5-12(16)8-10/h6-9,12H,2-5,16H2,1H3. The number of benzene rings is 1. The molecule has 17 heavy (non-hydrogen) atoms. The lowest BCUT2D eigenvalue weighted by molar-refractivity contribution is 0.386. The number of nitrogens with two attached hydrogens (primary N) is 1. The summed E-state index contributed by atoms with van der Waals surface area (Å²) in [5, 5.41) is 0. The molecule has 0 radical (unpaired) electrons. The molecule has 3 heteroatoms. The Morgan fingerprint density at radius 1 is 1.35 bits per heavy atom. The highest BCUT2D eigenvalue weighted by atomic mass is 19.1. The molecule has 0 bridgehead atoms. The van der Waals surface area contributed by atoms with Gasteiger partial charge in [0.25, 0.3) is 0 Å². The van der Waals surface area contributed by atoms with Crippen LogP contribution in [0.3, 0.4) is 0 Å². The van der Waals surface area contributed by atoms with Gasteiger partial charge in [0.1, 0.15) is 0 Å². The van der Waals surface area contributed by atoms with Crippen LogP contribution in [0, 0.1) is 5.82 Å². The van der Waals surface area contributed by atoms with Crippen molar-refractivity contribution in [3.8, 4) is 5.75 Å². The summed E-state index contributed by atoms with van der Waals surface area (Å²) in [7, 11) is 1.47. The van der Waals surface area contributed by atoms with Crippen LogP contribution in [0.5, 0.6) is 5.75 Å². The van der Waals surface area contributed by atoms with Gasteiger partial charge < -0.3 is 10.5 Å². The molecular weight excluding hydrogens is 217 g/mol. The number of methoxy groups -OCH3 is 1. The van der Waals surface area contributed by atoms with Gasteiger partial charge in [0.15, 0.2) is 11.6 Å². The third-order valence-corrected chi connectivity index (χ3v) is 3.17. The maximum absolute atomic E-state index is 13.6. The largest absolute Gasteiger partial charge is 0.494 e. The molecule has 0 spiro atoms. The summed E-state index contributed by atoms with van der Waals surface area (Å²) in [6.07, 6.45) is 6.31. The lowest BCUT2D eigenvalue weighted by atomic mass is 10.0. The molecule has 0 saturated carbocycles. The Morgan fingerprint density at radius 2 is 2.18 bits per heavy atom. The molecule has 0 fully saturated rings. The first-order chi connectivity index (χ1) is 8.20. The highest BCUT2D eigenvalue weighted by Crippen LogP contribution is 2.28. The number of hydrogen-bond acceptors (Lipinski definition) is 2. The lowest BCUT2D eigenvalue weighted by Crippen LogP contribution is -2.15. The van der Waals surface area contributed by atoms with E-state index in [9.17, 15) is 4.39 Å². The quantitative estimate of drug-likeness (QED) is 0.854. The molecule has 0 aliphatic heterocycles. The van der Waals surface area contributed by atoms with E-state index in [-0.39, 0.29) is 17.6 Å². The van der Waals surface area contributed by atoms with Crippen molar-refractivity contribution in [3.05, 3.63) is 35.7 Å². The molecular formula is C14H18FNO. The summed E-state index contributed by atoms with van der Waals surface area (Å²) < 4.78 is 18.5. The zero-order valence-electron chi connectivity index (χ0n) is 10.1. The van der Waals surface area contributed by atoms with Crippen molar-refractivity contribution in [3.63, 3.8) is 0 Å². The van der Waals surface area contributed by atoms with Gasteiger partial charge in [-0.05, 0) is 42.5 Å². The van der Waals surface area contributed by atoms with Gasteiger partial charge in [0.05, 0.1) is 7.11 Å². The maximum Gasteiger partial charge on any atom is 0.165 e. The van der Waals surface area contributed by atoms with Crippen molar-refractivity contribution in [2.75, 3.05) is 7.11 Å². The number of hydrogen-bond donors (Lipinski definition) is 1. The topological polar surface area (TPSA) is 35.2 Å². The molecule has 0 aromatic heterocycles. The van der Waals surface area contributed by atoms with Crippen molar-refractivity contribution in [2.45, 2.75) is 31.7 Å². The zero-order chi connectivity index (χ0) is 12.3. The van der Waals surface area contributed by atoms with Crippen molar-refractivity contribution < 1.29 is 9.13 Å². The van der Waals surface area contributed by atoms with E-state index >= 15 is 0 Å². The number of rotatable bonds is 2. The minimum Gasteiger partial charge on any atom is -0.494 e. The molecule has 1 unspecified atom stereocenters. The fourth-order valence-electron chi connectivity index (χ4n) is 2.23. The zero-order valence-corrected chi connectivity index (χ0v) is 10.1. The fraction of sp³-hybridized carbons (Fsp3) is 0.429. The van der Waals surface area contributed by atoms with Crippen LogP contribution in [0.1, 0.15) is 31.2 Å².